The van der Waals surface area contributed by atoms with E-state index in [9.17, 15) is 9.59 Å². The molecule has 0 saturated carbocycles. The second-order valence-corrected chi connectivity index (χ2v) is 8.32. The quantitative estimate of drug-likeness (QED) is 0.180. The summed E-state index contributed by atoms with van der Waals surface area (Å²) in [5, 5.41) is 4.31. The third-order valence-electron chi connectivity index (χ3n) is 3.59. The molecule has 3 aromatic carbocycles. The van der Waals surface area contributed by atoms with Crippen molar-refractivity contribution in [3.63, 3.8) is 0 Å². The molecule has 5 heteroatoms. The SMILES string of the molecule is CC(=O)[CH-]C(C)=O.[C-]#[O+].[Rh+2].c1ccc([PH+](c2ccccc2)c2ccccc2)cc1. The van der Waals surface area contributed by atoms with Gasteiger partial charge >= 0.3 is 30.8 Å². The number of hydrogen-bond donors (Lipinski definition) is 0. The monoisotopic (exact) mass is 493 g/mol. The van der Waals surface area contributed by atoms with Gasteiger partial charge in [-0.05, 0) is 50.2 Å². The first-order chi connectivity index (χ1) is 13.6. The third kappa shape index (κ3) is 10.1. The first kappa shape index (κ1) is 26.7. The average molecular weight is 493 g/mol. The van der Waals surface area contributed by atoms with E-state index in [1.807, 2.05) is 0 Å². The Morgan fingerprint density at radius 3 is 1.07 bits per heavy atom. The van der Waals surface area contributed by atoms with E-state index in [-0.39, 0.29) is 31.0 Å². The van der Waals surface area contributed by atoms with Gasteiger partial charge in [-0.25, -0.2) is 0 Å². The topological polar surface area (TPSA) is 54.0 Å². The maximum Gasteiger partial charge on any atom is 2.00 e. The summed E-state index contributed by atoms with van der Waals surface area (Å²) in [5.74, 6) is -0.375. The van der Waals surface area contributed by atoms with Crippen molar-refractivity contribution < 1.29 is 33.7 Å². The molecule has 3 rings (SSSR count). The fourth-order valence-electron chi connectivity index (χ4n) is 2.60. The molecule has 3 nitrogen and oxygen atoms in total. The van der Waals surface area contributed by atoms with Crippen molar-refractivity contribution >= 4 is 35.4 Å². The number of ketones is 2. The summed E-state index contributed by atoms with van der Waals surface area (Å²) in [6.45, 7) is 7.20. The predicted octanol–water partition coefficient (Wildman–Crippen LogP) is 3.51. The molecule has 0 fully saturated rings. The van der Waals surface area contributed by atoms with Gasteiger partial charge in [-0.15, -0.1) is 0 Å². The van der Waals surface area contributed by atoms with Crippen LogP contribution in [0.2, 0.25) is 0 Å². The molecular formula is C24H23O3PRh+2. The number of Topliss-reactive ketones (excluding diaryl/α,β-unsaturated/α-hetero) is 2. The molecule has 149 valence electrons. The molecule has 0 aliphatic rings. The first-order valence-electron chi connectivity index (χ1n) is 8.67. The third-order valence-corrected chi connectivity index (χ3v) is 6.33. The fourth-order valence-corrected chi connectivity index (χ4v) is 5.18. The molecule has 0 atom stereocenters. The van der Waals surface area contributed by atoms with E-state index >= 15 is 0 Å². The van der Waals surface area contributed by atoms with Crippen LogP contribution in [0.1, 0.15) is 13.8 Å². The molecule has 0 N–H and O–H groups in total. The standard InChI is InChI=1S/C18H15P.C5H7O2.CO.Rh/c1-4-10-16(11-5-1)19(17-12-6-2-7-13-17)18-14-8-3-9-15-18;1-4(6)3-5(2)7;1-2;/h1-15H;3H,1-2H3;;/q;-1;;+2/p+1. The minimum Gasteiger partial charge on any atom is -0.0620 e. The maximum atomic E-state index is 9.98. The Morgan fingerprint density at radius 1 is 0.655 bits per heavy atom. The summed E-state index contributed by atoms with van der Waals surface area (Å²) in [6, 6.07) is 32.5. The fraction of sp³-hybridized carbons (Fsp3) is 0.0833. The zero-order valence-corrected chi connectivity index (χ0v) is 18.9. The number of rotatable bonds is 5. The molecule has 0 aliphatic heterocycles. The van der Waals surface area contributed by atoms with Crippen molar-refractivity contribution in [1.29, 1.82) is 0 Å². The van der Waals surface area contributed by atoms with Crippen LogP contribution in [0.25, 0.3) is 0 Å². The molecule has 1 radical (unpaired) electrons. The molecular weight excluding hydrogens is 470 g/mol. The van der Waals surface area contributed by atoms with Crippen LogP contribution in [0.3, 0.4) is 0 Å². The molecule has 29 heavy (non-hydrogen) atoms. The zero-order valence-electron chi connectivity index (χ0n) is 16.3. The zero-order chi connectivity index (χ0) is 20.8. The molecule has 0 heterocycles. The van der Waals surface area contributed by atoms with Gasteiger partial charge in [0.2, 0.25) is 0 Å². The Morgan fingerprint density at radius 2 is 0.897 bits per heavy atom. The molecule has 0 amide bonds. The van der Waals surface area contributed by atoms with Gasteiger partial charge in [0.05, 0.1) is 7.92 Å². The molecule has 0 spiro atoms. The number of carbonyl (C=O) groups is 2. The predicted molar refractivity (Wildman–Crippen MR) is 116 cm³/mol. The van der Waals surface area contributed by atoms with E-state index in [4.69, 9.17) is 4.65 Å². The molecule has 0 bridgehead atoms. The molecule has 0 aliphatic carbocycles. The van der Waals surface area contributed by atoms with Crippen molar-refractivity contribution in [3.8, 4) is 0 Å². The minimum absolute atomic E-state index is 0. The Balaban J connectivity index is 0.000000675. The number of carbonyl (C=O) groups excluding carboxylic acids is 2. The van der Waals surface area contributed by atoms with Crippen LogP contribution < -0.4 is 15.9 Å². The first-order valence-corrected chi connectivity index (χ1v) is 10.2. The summed E-state index contributed by atoms with van der Waals surface area (Å²) < 4.78 is 7.50. The Bertz CT molecular complexity index is 760. The van der Waals surface area contributed by atoms with Crippen LogP contribution >= 0.6 is 7.92 Å². The van der Waals surface area contributed by atoms with Crippen LogP contribution in [0.4, 0.5) is 0 Å². The Labute approximate surface area is 186 Å². The molecule has 0 unspecified atom stereocenters. The summed E-state index contributed by atoms with van der Waals surface area (Å²) in [4.78, 5) is 20.0. The summed E-state index contributed by atoms with van der Waals surface area (Å²) in [7, 11) is -0.877. The van der Waals surface area contributed by atoms with Gasteiger partial charge in [0.15, 0.2) is 0 Å². The number of hydrogen-bond acceptors (Lipinski definition) is 2. The summed E-state index contributed by atoms with van der Waals surface area (Å²) >= 11 is 0. The summed E-state index contributed by atoms with van der Waals surface area (Å²) in [5.41, 5.74) is 0. The van der Waals surface area contributed by atoms with Crippen molar-refractivity contribution in [3.05, 3.63) is 104 Å². The second kappa shape index (κ2) is 15.6. The largest absolute Gasteiger partial charge is 2.00 e. The van der Waals surface area contributed by atoms with Crippen molar-refractivity contribution in [1.82, 2.24) is 0 Å². The van der Waals surface area contributed by atoms with Crippen molar-refractivity contribution in [2.75, 3.05) is 0 Å². The Hall–Kier alpha value is -2.34. The minimum atomic E-state index is -0.877. The van der Waals surface area contributed by atoms with Crippen LogP contribution in [0.5, 0.6) is 0 Å². The van der Waals surface area contributed by atoms with E-state index in [2.05, 4.69) is 97.6 Å². The smallest absolute Gasteiger partial charge is 0.0620 e. The van der Waals surface area contributed by atoms with Gasteiger partial charge in [0.1, 0.15) is 15.9 Å². The van der Waals surface area contributed by atoms with Crippen molar-refractivity contribution in [2.45, 2.75) is 13.8 Å². The van der Waals surface area contributed by atoms with E-state index in [1.165, 1.54) is 29.8 Å². The van der Waals surface area contributed by atoms with Crippen LogP contribution in [-0.4, -0.2) is 11.6 Å². The Kier molecular flexibility index (Phi) is 14.3. The van der Waals surface area contributed by atoms with Gasteiger partial charge in [0.25, 0.3) is 0 Å². The van der Waals surface area contributed by atoms with Crippen LogP contribution in [0, 0.1) is 13.1 Å². The van der Waals surface area contributed by atoms with Gasteiger partial charge in [-0.3, -0.25) is 6.42 Å². The van der Waals surface area contributed by atoms with Gasteiger partial charge < -0.3 is 9.59 Å². The normalized spacial score (nSPS) is 8.86. The average Bonchev–Trinajstić information content (AvgIpc) is 2.72. The van der Waals surface area contributed by atoms with Gasteiger partial charge in [-0.2, -0.15) is 0 Å². The van der Waals surface area contributed by atoms with Crippen LogP contribution in [0.15, 0.2) is 91.0 Å². The molecule has 3 aromatic rings. The van der Waals surface area contributed by atoms with E-state index in [0.29, 0.717) is 0 Å². The van der Waals surface area contributed by atoms with Crippen LogP contribution in [-0.2, 0) is 33.7 Å². The molecule has 0 aromatic heterocycles. The van der Waals surface area contributed by atoms with E-state index in [1.54, 1.807) is 0 Å². The molecule has 0 saturated heterocycles. The van der Waals surface area contributed by atoms with Gasteiger partial charge in [-0.1, -0.05) is 54.6 Å². The van der Waals surface area contributed by atoms with E-state index < -0.39 is 7.92 Å². The van der Waals surface area contributed by atoms with Gasteiger partial charge in [0, 0.05) is 11.6 Å². The second-order valence-electron chi connectivity index (χ2n) is 5.84. The van der Waals surface area contributed by atoms with E-state index in [0.717, 1.165) is 6.42 Å². The maximum absolute atomic E-state index is 9.98. The van der Waals surface area contributed by atoms with Crippen molar-refractivity contribution in [2.24, 2.45) is 0 Å². The number of benzene rings is 3. The summed E-state index contributed by atoms with van der Waals surface area (Å²) in [6.07, 6.45) is 1.06.